The highest BCUT2D eigenvalue weighted by molar-refractivity contribution is 6.32. The Hall–Kier alpha value is -4.30. The molecule has 42 heavy (non-hydrogen) atoms. The van der Waals surface area contributed by atoms with E-state index in [1.165, 1.54) is 13.3 Å². The number of alkyl halides is 2. The molecule has 0 aliphatic carbocycles. The molecule has 2 aliphatic rings. The lowest BCUT2D eigenvalue weighted by Crippen LogP contribution is -2.40. The molecule has 4 heterocycles. The summed E-state index contributed by atoms with van der Waals surface area (Å²) in [7, 11) is 1.50. The first-order valence-electron chi connectivity index (χ1n) is 13.3. The van der Waals surface area contributed by atoms with Gasteiger partial charge in [0.25, 0.3) is 11.8 Å². The van der Waals surface area contributed by atoms with E-state index in [9.17, 15) is 18.4 Å². The van der Waals surface area contributed by atoms with Crippen LogP contribution in [0.1, 0.15) is 48.8 Å². The van der Waals surface area contributed by atoms with E-state index in [1.54, 1.807) is 51.2 Å². The van der Waals surface area contributed by atoms with E-state index >= 15 is 0 Å². The molecule has 1 atom stereocenters. The van der Waals surface area contributed by atoms with Crippen LogP contribution in [0.3, 0.4) is 0 Å². The molecule has 0 spiro atoms. The molecule has 0 radical (unpaired) electrons. The minimum absolute atomic E-state index is 0.259. The Balaban J connectivity index is 1.57. The van der Waals surface area contributed by atoms with E-state index in [1.807, 2.05) is 0 Å². The van der Waals surface area contributed by atoms with Gasteiger partial charge in [-0.05, 0) is 39.0 Å². The molecule has 220 valence electrons. The number of aromatic amines is 1. The number of carbonyl (C=O) groups is 2. The molecule has 1 fully saturated rings. The summed E-state index contributed by atoms with van der Waals surface area (Å²) in [6, 6.07) is 5.86. The molecule has 5 rings (SSSR count). The zero-order valence-electron chi connectivity index (χ0n) is 23.5. The van der Waals surface area contributed by atoms with Crippen molar-refractivity contribution in [1.82, 2.24) is 20.2 Å². The molecular formula is C30H30ClF2N5O4. The average Bonchev–Trinajstić information content (AvgIpc) is 3.44. The van der Waals surface area contributed by atoms with Gasteiger partial charge in [0.15, 0.2) is 5.75 Å². The molecule has 0 unspecified atom stereocenters. The number of halogens is 3. The van der Waals surface area contributed by atoms with Crippen molar-refractivity contribution < 1.29 is 27.8 Å². The molecule has 9 nitrogen and oxygen atoms in total. The number of anilines is 2. The molecule has 2 amide bonds. The summed E-state index contributed by atoms with van der Waals surface area (Å²) in [5, 5.41) is 6.56. The maximum absolute atomic E-state index is 14.4. The molecule has 2 aliphatic heterocycles. The van der Waals surface area contributed by atoms with Crippen molar-refractivity contribution in [1.29, 1.82) is 0 Å². The Bertz CT molecular complexity index is 1610. The molecular weight excluding hydrogens is 568 g/mol. The van der Waals surface area contributed by atoms with E-state index in [2.05, 4.69) is 32.4 Å². The van der Waals surface area contributed by atoms with Gasteiger partial charge < -0.3 is 25.1 Å². The fourth-order valence-electron chi connectivity index (χ4n) is 4.99. The second-order valence-corrected chi connectivity index (χ2v) is 11.5. The Morgan fingerprint density at radius 1 is 1.29 bits per heavy atom. The van der Waals surface area contributed by atoms with Crippen LogP contribution in [0.2, 0.25) is 5.02 Å². The van der Waals surface area contributed by atoms with E-state index in [4.69, 9.17) is 21.1 Å². The maximum atomic E-state index is 14.4. The highest BCUT2D eigenvalue weighted by Crippen LogP contribution is 2.41. The number of ether oxygens (including phenoxy) is 2. The summed E-state index contributed by atoms with van der Waals surface area (Å²) in [5.74, 6) is 2.85. The topological polar surface area (TPSA) is 109 Å². The normalized spacial score (nSPS) is 17.5. The number of benzene rings is 1. The van der Waals surface area contributed by atoms with Gasteiger partial charge in [0.2, 0.25) is 0 Å². The van der Waals surface area contributed by atoms with E-state index in [0.29, 0.717) is 57.5 Å². The number of hydrogen-bond acceptors (Lipinski definition) is 6. The first-order valence-corrected chi connectivity index (χ1v) is 13.7. The van der Waals surface area contributed by atoms with Gasteiger partial charge in [-0.15, -0.1) is 0 Å². The van der Waals surface area contributed by atoms with Crippen LogP contribution in [0.25, 0.3) is 11.3 Å². The molecule has 12 heteroatoms. The van der Waals surface area contributed by atoms with E-state index in [-0.39, 0.29) is 5.91 Å². The summed E-state index contributed by atoms with van der Waals surface area (Å²) in [6.45, 7) is 4.69. The lowest BCUT2D eigenvalue weighted by Gasteiger charge is -2.26. The quantitative estimate of drug-likeness (QED) is 0.330. The lowest BCUT2D eigenvalue weighted by atomic mass is 10.0. The second kappa shape index (κ2) is 11.2. The predicted octanol–water partition coefficient (Wildman–Crippen LogP) is 5.76. The maximum Gasteiger partial charge on any atom is 0.411 e. The zero-order valence-corrected chi connectivity index (χ0v) is 24.3. The van der Waals surface area contributed by atoms with Crippen LogP contribution < -0.4 is 15.4 Å². The highest BCUT2D eigenvalue weighted by Gasteiger charge is 2.47. The largest absolute Gasteiger partial charge is 0.493 e. The number of nitrogens with one attached hydrogen (secondary N) is 3. The number of amides is 2. The predicted molar refractivity (Wildman–Crippen MR) is 155 cm³/mol. The number of fused-ring (bicyclic) bond motifs is 1. The summed E-state index contributed by atoms with van der Waals surface area (Å²) < 4.78 is 39.7. The number of nitrogens with zero attached hydrogens (tertiary/aromatic N) is 2. The van der Waals surface area contributed by atoms with Crippen LogP contribution in [0.15, 0.2) is 36.7 Å². The monoisotopic (exact) mass is 597 g/mol. The number of H-pyrrole nitrogens is 1. The van der Waals surface area contributed by atoms with Crippen molar-refractivity contribution in [3.8, 4) is 28.8 Å². The molecule has 2 aromatic heterocycles. The van der Waals surface area contributed by atoms with E-state index < -0.39 is 36.6 Å². The van der Waals surface area contributed by atoms with Crippen LogP contribution in [-0.2, 0) is 11.2 Å². The van der Waals surface area contributed by atoms with Crippen molar-refractivity contribution in [2.45, 2.75) is 51.2 Å². The minimum Gasteiger partial charge on any atom is -0.493 e. The van der Waals surface area contributed by atoms with Crippen molar-refractivity contribution in [2.75, 3.05) is 25.5 Å². The van der Waals surface area contributed by atoms with Crippen LogP contribution in [-0.4, -0.2) is 64.6 Å². The smallest absolute Gasteiger partial charge is 0.411 e. The number of likely N-dealkylation sites (tertiary alicyclic amines) is 1. The van der Waals surface area contributed by atoms with Crippen LogP contribution in [0.5, 0.6) is 5.75 Å². The SMILES string of the molecule is COc1c(Cl)cccc1Nc1c(-c2ccncc2C#C[C@H]2CC(F)(F)CN2C(=O)OC(C)(C)C)[nH]c2c1C(=O)NCC2. The second-order valence-electron chi connectivity index (χ2n) is 11.1. The third kappa shape index (κ3) is 5.99. The van der Waals surface area contributed by atoms with Gasteiger partial charge >= 0.3 is 6.09 Å². The fraction of sp³-hybridized carbons (Fsp3) is 0.367. The third-order valence-corrected chi connectivity index (χ3v) is 7.06. The lowest BCUT2D eigenvalue weighted by molar-refractivity contribution is -0.00213. The Morgan fingerprint density at radius 2 is 2.07 bits per heavy atom. The summed E-state index contributed by atoms with van der Waals surface area (Å²) >= 11 is 6.35. The number of pyridine rings is 1. The summed E-state index contributed by atoms with van der Waals surface area (Å²) in [4.78, 5) is 34.2. The van der Waals surface area contributed by atoms with Gasteiger partial charge in [-0.3, -0.25) is 14.7 Å². The number of methoxy groups -OCH3 is 1. The van der Waals surface area contributed by atoms with Crippen LogP contribution in [0, 0.1) is 11.8 Å². The van der Waals surface area contributed by atoms with Crippen molar-refractivity contribution in [3.05, 3.63) is 58.5 Å². The fourth-order valence-corrected chi connectivity index (χ4v) is 5.24. The van der Waals surface area contributed by atoms with Crippen LogP contribution >= 0.6 is 11.6 Å². The first-order chi connectivity index (χ1) is 19.9. The molecule has 0 bridgehead atoms. The molecule has 3 N–H and O–H groups in total. The summed E-state index contributed by atoms with van der Waals surface area (Å²) in [5.41, 5.74) is 2.85. The number of aromatic nitrogens is 2. The Morgan fingerprint density at radius 3 is 2.81 bits per heavy atom. The standard InChI is InChI=1S/C30H30ClF2N5O4/c1-29(2,3)42-28(40)38-16-30(32,33)14-18(38)9-8-17-15-34-12-10-19(17)24-25(23-21(36-24)11-13-35-27(23)39)37-22-7-5-6-20(31)26(22)41-4/h5-7,10,12,15,18,36-37H,11,13-14,16H2,1-4H3,(H,35,39)/t18-/m0/s1. The molecule has 0 saturated carbocycles. The number of para-hydroxylation sites is 1. The van der Waals surface area contributed by atoms with Crippen molar-refractivity contribution in [3.63, 3.8) is 0 Å². The van der Waals surface area contributed by atoms with Crippen molar-refractivity contribution in [2.24, 2.45) is 0 Å². The Kier molecular flexibility index (Phi) is 7.77. The highest BCUT2D eigenvalue weighted by atomic mass is 35.5. The Labute approximate surface area is 246 Å². The van der Waals surface area contributed by atoms with Gasteiger partial charge in [-0.2, -0.15) is 0 Å². The summed E-state index contributed by atoms with van der Waals surface area (Å²) in [6.07, 6.45) is 2.18. The van der Waals surface area contributed by atoms with Gasteiger partial charge in [0.05, 0.1) is 46.9 Å². The van der Waals surface area contributed by atoms with Gasteiger partial charge in [0, 0.05) is 43.0 Å². The van der Waals surface area contributed by atoms with Crippen molar-refractivity contribution >= 4 is 35.0 Å². The number of carbonyl (C=O) groups excluding carboxylic acids is 2. The third-order valence-electron chi connectivity index (χ3n) is 6.76. The number of hydrogen-bond donors (Lipinski definition) is 3. The van der Waals surface area contributed by atoms with Gasteiger partial charge in [0.1, 0.15) is 11.6 Å². The average molecular weight is 598 g/mol. The zero-order chi connectivity index (χ0) is 30.2. The van der Waals surface area contributed by atoms with E-state index in [0.717, 1.165) is 10.6 Å². The van der Waals surface area contributed by atoms with Gasteiger partial charge in [-0.1, -0.05) is 29.5 Å². The van der Waals surface area contributed by atoms with Gasteiger partial charge in [-0.25, -0.2) is 13.6 Å². The molecule has 1 aromatic carbocycles. The molecule has 1 saturated heterocycles. The number of rotatable bonds is 4. The first kappa shape index (κ1) is 29.2. The molecule has 3 aromatic rings. The minimum atomic E-state index is -3.10. The van der Waals surface area contributed by atoms with Crippen LogP contribution in [0.4, 0.5) is 25.0 Å².